The number of carbonyl (C=O) groups excluding carboxylic acids is 1. The fraction of sp³-hybridized carbons (Fsp3) is 0.462. The summed E-state index contributed by atoms with van der Waals surface area (Å²) in [7, 11) is 3.42. The number of hydrogen-bond acceptors (Lipinski definition) is 3. The van der Waals surface area contributed by atoms with E-state index < -0.39 is 6.10 Å². The Labute approximate surface area is 116 Å². The van der Waals surface area contributed by atoms with Crippen LogP contribution in [-0.2, 0) is 4.79 Å². The molecule has 0 aromatic heterocycles. The third kappa shape index (κ3) is 4.31. The number of nitrogens with zero attached hydrogens (tertiary/aromatic N) is 1. The molecule has 18 heavy (non-hydrogen) atoms. The molecule has 0 fully saturated rings. The Bertz CT molecular complexity index is 419. The van der Waals surface area contributed by atoms with Crippen LogP contribution in [0.15, 0.2) is 22.7 Å². The Morgan fingerprint density at radius 2 is 2.17 bits per heavy atom. The van der Waals surface area contributed by atoms with Gasteiger partial charge in [0.1, 0.15) is 5.75 Å². The maximum absolute atomic E-state index is 11.4. The zero-order valence-corrected chi connectivity index (χ0v) is 12.4. The molecule has 1 rings (SSSR count). The number of hydrogen-bond donors (Lipinski definition) is 1. The maximum Gasteiger partial charge on any atom is 0.225 e. The lowest BCUT2D eigenvalue weighted by Gasteiger charge is -2.15. The van der Waals surface area contributed by atoms with Gasteiger partial charge in [-0.15, -0.1) is 0 Å². The van der Waals surface area contributed by atoms with E-state index in [1.54, 1.807) is 27.1 Å². The molecule has 4 nitrogen and oxygen atoms in total. The molecule has 1 N–H and O–H groups in total. The van der Waals surface area contributed by atoms with E-state index in [9.17, 15) is 9.90 Å². The first-order valence-electron chi connectivity index (χ1n) is 5.72. The second-order valence-corrected chi connectivity index (χ2v) is 5.16. The Balaban J connectivity index is 2.65. The van der Waals surface area contributed by atoms with Crippen LogP contribution in [0.2, 0.25) is 0 Å². The molecule has 5 heteroatoms. The highest BCUT2D eigenvalue weighted by Crippen LogP contribution is 2.28. The van der Waals surface area contributed by atoms with Gasteiger partial charge >= 0.3 is 0 Å². The number of benzene rings is 1. The van der Waals surface area contributed by atoms with E-state index in [1.807, 2.05) is 12.1 Å². The molecule has 1 aromatic carbocycles. The van der Waals surface area contributed by atoms with Gasteiger partial charge in [0.2, 0.25) is 5.91 Å². The summed E-state index contributed by atoms with van der Waals surface area (Å²) in [5.74, 6) is 0.630. The Hall–Kier alpha value is -1.07. The fourth-order valence-electron chi connectivity index (χ4n) is 1.45. The minimum atomic E-state index is -0.609. The molecule has 1 aromatic rings. The van der Waals surface area contributed by atoms with E-state index in [0.29, 0.717) is 24.3 Å². The number of rotatable bonds is 5. The number of aliphatic hydroxyl groups excluding tert-OH is 1. The Morgan fingerprint density at radius 1 is 1.50 bits per heavy atom. The molecule has 0 aliphatic rings. The van der Waals surface area contributed by atoms with Crippen LogP contribution < -0.4 is 4.74 Å². The number of ether oxygens (including phenoxy) is 1. The van der Waals surface area contributed by atoms with Crippen LogP contribution in [-0.4, -0.2) is 36.6 Å². The average molecular weight is 316 g/mol. The molecule has 0 bridgehead atoms. The van der Waals surface area contributed by atoms with E-state index in [4.69, 9.17) is 4.74 Å². The highest BCUT2D eigenvalue weighted by atomic mass is 79.9. The molecule has 0 saturated heterocycles. The minimum absolute atomic E-state index is 0.0192. The van der Waals surface area contributed by atoms with Gasteiger partial charge in [0.15, 0.2) is 0 Å². The van der Waals surface area contributed by atoms with Crippen LogP contribution >= 0.6 is 15.9 Å². The summed E-state index contributed by atoms with van der Waals surface area (Å²) in [6, 6.07) is 5.44. The summed E-state index contributed by atoms with van der Waals surface area (Å²) in [5.41, 5.74) is 0.710. The number of halogens is 1. The van der Waals surface area contributed by atoms with Crippen molar-refractivity contribution in [2.45, 2.75) is 19.4 Å². The second kappa shape index (κ2) is 6.75. The van der Waals surface area contributed by atoms with E-state index in [1.165, 1.54) is 4.90 Å². The lowest BCUT2D eigenvalue weighted by atomic mass is 10.1. The summed E-state index contributed by atoms with van der Waals surface area (Å²) in [4.78, 5) is 12.9. The maximum atomic E-state index is 11.4. The summed E-state index contributed by atoms with van der Waals surface area (Å²) < 4.78 is 6.43. The normalized spacial score (nSPS) is 12.1. The Kier molecular flexibility index (Phi) is 5.62. The van der Waals surface area contributed by atoms with Gasteiger partial charge in [0.25, 0.3) is 0 Å². The van der Waals surface area contributed by atoms with Gasteiger partial charge in [-0.1, -0.05) is 15.9 Å². The summed E-state index contributed by atoms with van der Waals surface area (Å²) >= 11 is 3.35. The van der Waals surface area contributed by atoms with Gasteiger partial charge in [-0.25, -0.2) is 0 Å². The molecule has 100 valence electrons. The van der Waals surface area contributed by atoms with E-state index in [-0.39, 0.29) is 5.91 Å². The van der Waals surface area contributed by atoms with Crippen molar-refractivity contribution < 1.29 is 14.6 Å². The SMILES string of the molecule is CC(O)c1cc(Br)ccc1OCCC(=O)N(C)C. The highest BCUT2D eigenvalue weighted by Gasteiger charge is 2.11. The van der Waals surface area contributed by atoms with Gasteiger partial charge in [0, 0.05) is 24.1 Å². The fourth-order valence-corrected chi connectivity index (χ4v) is 1.83. The molecule has 0 saturated carbocycles. The van der Waals surface area contributed by atoms with Crippen LogP contribution in [0.1, 0.15) is 25.0 Å². The highest BCUT2D eigenvalue weighted by molar-refractivity contribution is 9.10. The molecular formula is C13H18BrNO3. The standard InChI is InChI=1S/C13H18BrNO3/c1-9(16)11-8-10(14)4-5-12(11)18-7-6-13(17)15(2)3/h4-5,8-9,16H,6-7H2,1-3H3. The lowest BCUT2D eigenvalue weighted by Crippen LogP contribution is -2.23. The van der Waals surface area contributed by atoms with Gasteiger partial charge in [-0.3, -0.25) is 4.79 Å². The van der Waals surface area contributed by atoms with Gasteiger partial charge < -0.3 is 14.7 Å². The van der Waals surface area contributed by atoms with Crippen molar-refractivity contribution in [1.29, 1.82) is 0 Å². The molecule has 0 aliphatic heterocycles. The smallest absolute Gasteiger partial charge is 0.225 e. The number of carbonyl (C=O) groups is 1. The molecular weight excluding hydrogens is 298 g/mol. The van der Waals surface area contributed by atoms with Crippen molar-refractivity contribution >= 4 is 21.8 Å². The minimum Gasteiger partial charge on any atom is -0.493 e. The third-order valence-corrected chi connectivity index (χ3v) is 2.99. The summed E-state index contributed by atoms with van der Waals surface area (Å²) in [6.07, 6.45) is -0.287. The first-order chi connectivity index (χ1) is 8.41. The largest absolute Gasteiger partial charge is 0.493 e. The summed E-state index contributed by atoms with van der Waals surface area (Å²) in [5, 5.41) is 9.65. The first kappa shape index (κ1) is 15.0. The zero-order valence-electron chi connectivity index (χ0n) is 10.8. The molecule has 1 atom stereocenters. The zero-order chi connectivity index (χ0) is 13.7. The quantitative estimate of drug-likeness (QED) is 0.907. The topological polar surface area (TPSA) is 49.8 Å². The molecule has 1 unspecified atom stereocenters. The van der Waals surface area contributed by atoms with E-state index in [2.05, 4.69) is 15.9 Å². The van der Waals surface area contributed by atoms with Crippen LogP contribution in [0, 0.1) is 0 Å². The van der Waals surface area contributed by atoms with Gasteiger partial charge in [-0.05, 0) is 25.1 Å². The van der Waals surface area contributed by atoms with E-state index in [0.717, 1.165) is 4.47 Å². The molecule has 0 aliphatic carbocycles. The monoisotopic (exact) mass is 315 g/mol. The first-order valence-corrected chi connectivity index (χ1v) is 6.51. The summed E-state index contributed by atoms with van der Waals surface area (Å²) in [6.45, 7) is 1.98. The van der Waals surface area contributed by atoms with Crippen molar-refractivity contribution in [3.8, 4) is 5.75 Å². The van der Waals surface area contributed by atoms with Crippen molar-refractivity contribution in [2.24, 2.45) is 0 Å². The number of aliphatic hydroxyl groups is 1. The van der Waals surface area contributed by atoms with Crippen molar-refractivity contribution in [3.63, 3.8) is 0 Å². The number of amides is 1. The van der Waals surface area contributed by atoms with Crippen LogP contribution in [0.5, 0.6) is 5.75 Å². The second-order valence-electron chi connectivity index (χ2n) is 4.24. The van der Waals surface area contributed by atoms with Crippen molar-refractivity contribution in [2.75, 3.05) is 20.7 Å². The average Bonchev–Trinajstić information content (AvgIpc) is 2.30. The predicted molar refractivity (Wildman–Crippen MR) is 73.6 cm³/mol. The third-order valence-electron chi connectivity index (χ3n) is 2.49. The van der Waals surface area contributed by atoms with Gasteiger partial charge in [-0.2, -0.15) is 0 Å². The van der Waals surface area contributed by atoms with Crippen molar-refractivity contribution in [3.05, 3.63) is 28.2 Å². The van der Waals surface area contributed by atoms with Gasteiger partial charge in [0.05, 0.1) is 19.1 Å². The molecule has 0 heterocycles. The lowest BCUT2D eigenvalue weighted by molar-refractivity contribution is -0.129. The van der Waals surface area contributed by atoms with E-state index >= 15 is 0 Å². The van der Waals surface area contributed by atoms with Crippen LogP contribution in [0.3, 0.4) is 0 Å². The van der Waals surface area contributed by atoms with Crippen LogP contribution in [0.25, 0.3) is 0 Å². The molecule has 0 radical (unpaired) electrons. The molecule has 0 spiro atoms. The van der Waals surface area contributed by atoms with Crippen LogP contribution in [0.4, 0.5) is 0 Å². The van der Waals surface area contributed by atoms with Crippen molar-refractivity contribution in [1.82, 2.24) is 4.90 Å². The molecule has 1 amide bonds. The predicted octanol–water partition coefficient (Wildman–Crippen LogP) is 2.36. The Morgan fingerprint density at radius 3 is 2.72 bits per heavy atom.